The van der Waals surface area contributed by atoms with Crippen LogP contribution in [-0.4, -0.2) is 66.8 Å². The molecule has 6 nitrogen and oxygen atoms in total. The predicted octanol–water partition coefficient (Wildman–Crippen LogP) is 4.03. The number of nitrogens with zero attached hydrogens (tertiary/aromatic N) is 3. The molecule has 172 valence electrons. The molecular formula is C24H37FN4O2. The molecule has 31 heavy (non-hydrogen) atoms. The highest BCUT2D eigenvalue weighted by Crippen LogP contribution is 2.21. The topological polar surface area (TPSA) is 67.4 Å². The number of carbonyl (C=O) groups excluding carboxylic acids is 1. The van der Waals surface area contributed by atoms with Crippen LogP contribution in [0.25, 0.3) is 11.0 Å². The molecule has 1 heterocycles. The molecule has 0 atom stereocenters. The lowest BCUT2D eigenvalue weighted by Crippen LogP contribution is -2.41. The van der Waals surface area contributed by atoms with Gasteiger partial charge in [0.1, 0.15) is 5.69 Å². The molecule has 0 saturated carbocycles. The van der Waals surface area contributed by atoms with E-state index in [2.05, 4.69) is 41.0 Å². The summed E-state index contributed by atoms with van der Waals surface area (Å²) < 4.78 is 18.7. The molecule has 7 heteroatoms. The SMILES string of the molecule is CCN(CCNC(=O)c1cnc2cc(C)ccc2n1)CC(C)(C)COCC(C)(C)CF. The molecule has 0 aliphatic carbocycles. The van der Waals surface area contributed by atoms with Crippen molar-refractivity contribution < 1.29 is 13.9 Å². The fourth-order valence-electron chi connectivity index (χ4n) is 3.29. The number of halogens is 1. The molecule has 0 fully saturated rings. The first kappa shape index (κ1) is 25.1. The quantitative estimate of drug-likeness (QED) is 0.549. The van der Waals surface area contributed by atoms with Gasteiger partial charge >= 0.3 is 0 Å². The van der Waals surface area contributed by atoms with Gasteiger partial charge in [-0.05, 0) is 31.2 Å². The summed E-state index contributed by atoms with van der Waals surface area (Å²) in [5, 5.41) is 2.94. The summed E-state index contributed by atoms with van der Waals surface area (Å²) in [6, 6.07) is 5.79. The summed E-state index contributed by atoms with van der Waals surface area (Å²) in [5.74, 6) is -0.220. The fraction of sp³-hybridized carbons (Fsp3) is 0.625. The molecule has 1 N–H and O–H groups in total. The summed E-state index contributed by atoms with van der Waals surface area (Å²) in [4.78, 5) is 23.5. The van der Waals surface area contributed by atoms with Crippen LogP contribution in [0.5, 0.6) is 0 Å². The minimum absolute atomic E-state index is 0.0750. The smallest absolute Gasteiger partial charge is 0.271 e. The monoisotopic (exact) mass is 432 g/mol. The van der Waals surface area contributed by atoms with E-state index in [9.17, 15) is 9.18 Å². The van der Waals surface area contributed by atoms with Crippen LogP contribution in [0.1, 0.15) is 50.7 Å². The number of likely N-dealkylation sites (N-methyl/N-ethyl adjacent to an activating group) is 1. The van der Waals surface area contributed by atoms with E-state index in [1.54, 1.807) is 0 Å². The number of rotatable bonds is 12. The first-order valence-corrected chi connectivity index (χ1v) is 10.9. The molecule has 0 aliphatic rings. The van der Waals surface area contributed by atoms with Gasteiger partial charge in [-0.25, -0.2) is 4.98 Å². The van der Waals surface area contributed by atoms with Crippen molar-refractivity contribution in [1.82, 2.24) is 20.2 Å². The minimum atomic E-state index is -0.449. The molecular weight excluding hydrogens is 395 g/mol. The Hall–Kier alpha value is -2.12. The molecule has 0 bridgehead atoms. The number of nitrogens with one attached hydrogen (secondary N) is 1. The molecule has 0 radical (unpaired) electrons. The average molecular weight is 433 g/mol. The number of hydrogen-bond acceptors (Lipinski definition) is 5. The van der Waals surface area contributed by atoms with E-state index in [1.807, 2.05) is 39.0 Å². The van der Waals surface area contributed by atoms with Crippen molar-refractivity contribution in [3.63, 3.8) is 0 Å². The molecule has 0 saturated heterocycles. The van der Waals surface area contributed by atoms with E-state index in [0.717, 1.165) is 30.7 Å². The Kier molecular flexibility index (Phi) is 8.89. The van der Waals surface area contributed by atoms with Gasteiger partial charge in [0.25, 0.3) is 5.91 Å². The number of benzene rings is 1. The van der Waals surface area contributed by atoms with Crippen LogP contribution in [0.15, 0.2) is 24.4 Å². The van der Waals surface area contributed by atoms with Crippen LogP contribution in [-0.2, 0) is 4.74 Å². The second-order valence-corrected chi connectivity index (χ2v) is 9.83. The molecule has 2 rings (SSSR count). The van der Waals surface area contributed by atoms with Crippen molar-refractivity contribution in [2.24, 2.45) is 10.8 Å². The van der Waals surface area contributed by atoms with Crippen molar-refractivity contribution in [3.8, 4) is 0 Å². The standard InChI is InChI=1S/C24H37FN4O2/c1-7-29(15-24(5,6)17-31-16-23(3,4)14-25)11-10-26-22(30)21-13-27-20-12-18(2)8-9-19(20)28-21/h8-9,12-13H,7,10-11,14-17H2,1-6H3,(H,26,30). The zero-order chi connectivity index (χ0) is 23.1. The summed E-state index contributed by atoms with van der Waals surface area (Å²) >= 11 is 0. The highest BCUT2D eigenvalue weighted by molar-refractivity contribution is 5.93. The van der Waals surface area contributed by atoms with Crippen LogP contribution in [0.3, 0.4) is 0 Å². The maximum atomic E-state index is 12.9. The van der Waals surface area contributed by atoms with E-state index in [0.29, 0.717) is 31.0 Å². The van der Waals surface area contributed by atoms with Crippen LogP contribution in [0.2, 0.25) is 0 Å². The van der Waals surface area contributed by atoms with Gasteiger partial charge in [0.15, 0.2) is 0 Å². The van der Waals surface area contributed by atoms with E-state index in [1.165, 1.54) is 6.20 Å². The van der Waals surface area contributed by atoms with Crippen LogP contribution in [0, 0.1) is 17.8 Å². The summed E-state index contributed by atoms with van der Waals surface area (Å²) in [5.41, 5.74) is 2.41. The Morgan fingerprint density at radius 3 is 2.55 bits per heavy atom. The first-order chi connectivity index (χ1) is 14.5. The number of hydrogen-bond donors (Lipinski definition) is 1. The molecule has 0 unspecified atom stereocenters. The summed E-state index contributed by atoms with van der Waals surface area (Å²) in [6.45, 7) is 15.6. The highest BCUT2D eigenvalue weighted by atomic mass is 19.1. The summed E-state index contributed by atoms with van der Waals surface area (Å²) in [6.07, 6.45) is 1.52. The predicted molar refractivity (Wildman–Crippen MR) is 123 cm³/mol. The van der Waals surface area contributed by atoms with E-state index in [-0.39, 0.29) is 11.3 Å². The van der Waals surface area contributed by atoms with Crippen molar-refractivity contribution >= 4 is 16.9 Å². The van der Waals surface area contributed by atoms with E-state index >= 15 is 0 Å². The van der Waals surface area contributed by atoms with Gasteiger partial charge in [0, 0.05) is 30.5 Å². The maximum Gasteiger partial charge on any atom is 0.271 e. The third kappa shape index (κ3) is 8.15. The Morgan fingerprint density at radius 2 is 1.87 bits per heavy atom. The number of ether oxygens (including phenoxy) is 1. The number of alkyl halides is 1. The Morgan fingerprint density at radius 1 is 1.16 bits per heavy atom. The number of aryl methyl sites for hydroxylation is 1. The van der Waals surface area contributed by atoms with Gasteiger partial charge in [-0.3, -0.25) is 14.2 Å². The number of aromatic nitrogens is 2. The Balaban J connectivity index is 1.82. The lowest BCUT2D eigenvalue weighted by Gasteiger charge is -2.33. The maximum absolute atomic E-state index is 12.9. The molecule has 0 aliphatic heterocycles. The zero-order valence-corrected chi connectivity index (χ0v) is 19.8. The normalized spacial score (nSPS) is 12.5. The van der Waals surface area contributed by atoms with Gasteiger partial charge in [-0.1, -0.05) is 40.7 Å². The van der Waals surface area contributed by atoms with Crippen molar-refractivity contribution in [3.05, 3.63) is 35.7 Å². The lowest BCUT2D eigenvalue weighted by atomic mass is 9.93. The van der Waals surface area contributed by atoms with Gasteiger partial charge in [0.05, 0.1) is 37.1 Å². The van der Waals surface area contributed by atoms with Gasteiger partial charge < -0.3 is 15.0 Å². The van der Waals surface area contributed by atoms with E-state index < -0.39 is 12.1 Å². The number of amides is 1. The molecule has 1 amide bonds. The van der Waals surface area contributed by atoms with Gasteiger partial charge in [-0.15, -0.1) is 0 Å². The van der Waals surface area contributed by atoms with Crippen molar-refractivity contribution in [2.75, 3.05) is 46.1 Å². The minimum Gasteiger partial charge on any atom is -0.380 e. The second kappa shape index (κ2) is 11.0. The van der Waals surface area contributed by atoms with Gasteiger partial charge in [-0.2, -0.15) is 0 Å². The lowest BCUT2D eigenvalue weighted by molar-refractivity contribution is -0.00379. The largest absolute Gasteiger partial charge is 0.380 e. The number of carbonyl (C=O) groups is 1. The molecule has 2 aromatic rings. The summed E-state index contributed by atoms with van der Waals surface area (Å²) in [7, 11) is 0. The third-order valence-corrected chi connectivity index (χ3v) is 5.09. The Bertz CT molecular complexity index is 870. The van der Waals surface area contributed by atoms with Crippen LogP contribution in [0.4, 0.5) is 4.39 Å². The Labute approximate surface area is 185 Å². The van der Waals surface area contributed by atoms with Crippen LogP contribution >= 0.6 is 0 Å². The first-order valence-electron chi connectivity index (χ1n) is 10.9. The zero-order valence-electron chi connectivity index (χ0n) is 19.8. The van der Waals surface area contributed by atoms with Crippen molar-refractivity contribution in [2.45, 2.75) is 41.5 Å². The highest BCUT2D eigenvalue weighted by Gasteiger charge is 2.24. The molecule has 1 aromatic carbocycles. The second-order valence-electron chi connectivity index (χ2n) is 9.83. The molecule has 1 aromatic heterocycles. The average Bonchev–Trinajstić information content (AvgIpc) is 2.72. The van der Waals surface area contributed by atoms with E-state index in [4.69, 9.17) is 4.74 Å². The molecule has 0 spiro atoms. The third-order valence-electron chi connectivity index (χ3n) is 5.09. The van der Waals surface area contributed by atoms with Crippen LogP contribution < -0.4 is 5.32 Å². The number of fused-ring (bicyclic) bond motifs is 1. The van der Waals surface area contributed by atoms with Crippen molar-refractivity contribution in [1.29, 1.82) is 0 Å². The van der Waals surface area contributed by atoms with Gasteiger partial charge in [0.2, 0.25) is 0 Å². The fourth-order valence-corrected chi connectivity index (χ4v) is 3.29.